The Bertz CT molecular complexity index is 743. The summed E-state index contributed by atoms with van der Waals surface area (Å²) < 4.78 is 0. The van der Waals surface area contributed by atoms with Crippen molar-refractivity contribution < 1.29 is 10.0 Å². The number of carbonyl (C=O) groups excluding carboxylic acids is 1. The highest BCUT2D eigenvalue weighted by molar-refractivity contribution is 5.82. The molecule has 0 unspecified atom stereocenters. The van der Waals surface area contributed by atoms with Crippen molar-refractivity contribution in [2.45, 2.75) is 54.9 Å². The Morgan fingerprint density at radius 2 is 1.81 bits per heavy atom. The molecule has 0 saturated carbocycles. The first-order chi connectivity index (χ1) is 14.8. The fourth-order valence-corrected chi connectivity index (χ4v) is 1.69. The van der Waals surface area contributed by atoms with Gasteiger partial charge in [-0.3, -0.25) is 15.0 Å². The number of terminal acetylenes is 1. The van der Waals surface area contributed by atoms with Crippen molar-refractivity contribution in [2.24, 2.45) is 4.99 Å². The minimum Gasteiger partial charge on any atom is -0.286 e. The van der Waals surface area contributed by atoms with Crippen molar-refractivity contribution in [2.75, 3.05) is 6.54 Å². The number of aliphatic imine (C=N–C) groups is 1. The molecule has 1 N–H and O–H groups in total. The Morgan fingerprint density at radius 3 is 2.19 bits per heavy atom. The quantitative estimate of drug-likeness (QED) is 0.0972. The molecule has 0 atom stereocenters. The zero-order valence-electron chi connectivity index (χ0n) is 20.3. The molecule has 4 nitrogen and oxygen atoms in total. The lowest BCUT2D eigenvalue weighted by Crippen LogP contribution is -2.17. The van der Waals surface area contributed by atoms with E-state index in [2.05, 4.69) is 61.2 Å². The molecule has 0 aliphatic heterocycles. The number of amides is 1. The molecule has 0 aromatic heterocycles. The molecule has 0 aliphatic carbocycles. The van der Waals surface area contributed by atoms with E-state index in [9.17, 15) is 4.79 Å². The van der Waals surface area contributed by atoms with Crippen LogP contribution in [0.4, 0.5) is 0 Å². The van der Waals surface area contributed by atoms with E-state index in [1.807, 2.05) is 59.0 Å². The summed E-state index contributed by atoms with van der Waals surface area (Å²) in [7, 11) is 0. The Kier molecular flexibility index (Phi) is 26.1. The van der Waals surface area contributed by atoms with Crippen LogP contribution in [0, 0.1) is 19.3 Å². The lowest BCUT2D eigenvalue weighted by atomic mass is 10.0. The zero-order valence-corrected chi connectivity index (χ0v) is 20.3. The molecule has 1 rings (SSSR count). The molecule has 0 fully saturated rings. The smallest absolute Gasteiger partial charge is 0.233 e. The largest absolute Gasteiger partial charge is 0.286 e. The van der Waals surface area contributed by atoms with Crippen LogP contribution in [0.15, 0.2) is 72.4 Å². The number of nitrogens with zero attached hydrogens (tertiary/aromatic N) is 2. The molecule has 1 amide bonds. The number of hydroxylamine groups is 2. The molecule has 0 aliphatic rings. The average Bonchev–Trinajstić information content (AvgIpc) is 2.76. The molecule has 1 aromatic rings. The first kappa shape index (κ1) is 32.5. The zero-order chi connectivity index (χ0) is 24.5. The molecular weight excluding hydrogens is 384 g/mol. The predicted molar refractivity (Wildman–Crippen MR) is 137 cm³/mol. The summed E-state index contributed by atoms with van der Waals surface area (Å²) in [5, 5.41) is 8.99. The van der Waals surface area contributed by atoms with Gasteiger partial charge in [0.15, 0.2) is 0 Å². The van der Waals surface area contributed by atoms with Crippen molar-refractivity contribution in [3.05, 3.63) is 78.6 Å². The molecule has 0 spiro atoms. The van der Waals surface area contributed by atoms with Gasteiger partial charge >= 0.3 is 0 Å². The molecule has 0 heterocycles. The van der Waals surface area contributed by atoms with Crippen molar-refractivity contribution in [3.8, 4) is 12.3 Å². The van der Waals surface area contributed by atoms with Gasteiger partial charge in [0.25, 0.3) is 0 Å². The highest BCUT2D eigenvalue weighted by Crippen LogP contribution is 2.17. The topological polar surface area (TPSA) is 52.9 Å². The van der Waals surface area contributed by atoms with Gasteiger partial charge in [0.05, 0.1) is 6.54 Å². The van der Waals surface area contributed by atoms with E-state index >= 15 is 0 Å². The maximum Gasteiger partial charge on any atom is 0.233 e. The predicted octanol–water partition coefficient (Wildman–Crippen LogP) is 7.02. The van der Waals surface area contributed by atoms with Gasteiger partial charge in [-0.2, -0.15) is 0 Å². The molecule has 4 heteroatoms. The van der Waals surface area contributed by atoms with Crippen LogP contribution in [0.2, 0.25) is 0 Å². The third-order valence-electron chi connectivity index (χ3n) is 3.18. The highest BCUT2D eigenvalue weighted by Gasteiger charge is 1.97. The Hall–Kier alpha value is -3.16. The number of aryl methyl sites for hydroxylation is 1. The van der Waals surface area contributed by atoms with Crippen LogP contribution in [0.1, 0.15) is 59.1 Å². The molecule has 170 valence electrons. The third kappa shape index (κ3) is 24.8. The summed E-state index contributed by atoms with van der Waals surface area (Å²) >= 11 is 0. The summed E-state index contributed by atoms with van der Waals surface area (Å²) in [6.45, 7) is 17.5. The molecule has 1 aromatic carbocycles. The highest BCUT2D eigenvalue weighted by atomic mass is 16.5. The van der Waals surface area contributed by atoms with E-state index in [4.69, 9.17) is 5.21 Å². The van der Waals surface area contributed by atoms with Crippen molar-refractivity contribution in [1.29, 1.82) is 0 Å². The lowest BCUT2D eigenvalue weighted by Gasteiger charge is -2.03. The fraction of sp³-hybridized carbons (Fsp3) is 0.333. The minimum absolute atomic E-state index is 0.326. The summed E-state index contributed by atoms with van der Waals surface area (Å²) in [4.78, 5) is 14.0. The fourth-order valence-electron chi connectivity index (χ4n) is 1.69. The summed E-state index contributed by atoms with van der Waals surface area (Å²) in [6.07, 6.45) is 17.3. The number of rotatable bonds is 7. The summed E-state index contributed by atoms with van der Waals surface area (Å²) in [6, 6.07) is 8.46. The molecule has 31 heavy (non-hydrogen) atoms. The van der Waals surface area contributed by atoms with E-state index in [1.165, 1.54) is 11.1 Å². The first-order valence-electron chi connectivity index (χ1n) is 10.1. The van der Waals surface area contributed by atoms with E-state index in [0.717, 1.165) is 11.3 Å². The second kappa shape index (κ2) is 24.9. The van der Waals surface area contributed by atoms with Gasteiger partial charge in [-0.05, 0) is 66.0 Å². The maximum absolute atomic E-state index is 9.65. The van der Waals surface area contributed by atoms with Crippen LogP contribution >= 0.6 is 0 Å². The van der Waals surface area contributed by atoms with E-state index in [0.29, 0.717) is 24.4 Å². The lowest BCUT2D eigenvalue weighted by molar-refractivity contribution is -0.149. The van der Waals surface area contributed by atoms with Crippen LogP contribution in [0.3, 0.4) is 0 Å². The Labute approximate surface area is 190 Å². The SMILES string of the molecule is C#CC.C/C=C\C.C/C=C\C(=C/N=C(C)C)c1cccc(C)c1.C=CCCN(O)C=O. The normalized spacial score (nSPS) is 9.71. The standard InChI is InChI=1S/C15H19N.C5H9NO2.C4H8.C3H4/c1-5-7-15(11-16-12(2)3)14-9-6-8-13(4)10-14;1-2-3-4-6(8)5-7;1-3-4-2;1-3-2/h5-11H,1-4H3;2,5,8H,1,3-4H2;3-4H,1-2H3;1H,2H3/b7-5-,15-11+;;4-3-;. The third-order valence-corrected chi connectivity index (χ3v) is 3.18. The Balaban J connectivity index is -0.000000435. The second-order valence-electron chi connectivity index (χ2n) is 6.33. The maximum atomic E-state index is 9.65. The van der Waals surface area contributed by atoms with E-state index in [-0.39, 0.29) is 0 Å². The summed E-state index contributed by atoms with van der Waals surface area (Å²) in [5.74, 6) is 2.25. The van der Waals surface area contributed by atoms with Crippen molar-refractivity contribution in [1.82, 2.24) is 5.06 Å². The number of allylic oxidation sites excluding steroid dienone is 5. The molecule has 0 radical (unpaired) electrons. The number of benzene rings is 1. The van der Waals surface area contributed by atoms with Crippen LogP contribution in [-0.4, -0.2) is 28.9 Å². The van der Waals surface area contributed by atoms with Crippen molar-refractivity contribution >= 4 is 17.7 Å². The second-order valence-corrected chi connectivity index (χ2v) is 6.33. The van der Waals surface area contributed by atoms with Crippen LogP contribution in [0.5, 0.6) is 0 Å². The van der Waals surface area contributed by atoms with Gasteiger partial charge in [0, 0.05) is 11.9 Å². The molecule has 0 saturated heterocycles. The molecular formula is C27H40N2O2. The number of hydrogen-bond donors (Lipinski definition) is 1. The van der Waals surface area contributed by atoms with Crippen LogP contribution in [-0.2, 0) is 4.79 Å². The average molecular weight is 425 g/mol. The van der Waals surface area contributed by atoms with Gasteiger partial charge in [0.1, 0.15) is 0 Å². The number of hydrogen-bond acceptors (Lipinski definition) is 3. The minimum atomic E-state index is 0.326. The van der Waals surface area contributed by atoms with Crippen molar-refractivity contribution in [3.63, 3.8) is 0 Å². The van der Waals surface area contributed by atoms with Gasteiger partial charge in [-0.25, -0.2) is 5.06 Å². The summed E-state index contributed by atoms with van der Waals surface area (Å²) in [5.41, 5.74) is 4.69. The first-order valence-corrected chi connectivity index (χ1v) is 10.1. The van der Waals surface area contributed by atoms with Gasteiger partial charge in [-0.1, -0.05) is 60.2 Å². The van der Waals surface area contributed by atoms with Gasteiger partial charge in [-0.15, -0.1) is 18.9 Å². The van der Waals surface area contributed by atoms with E-state index < -0.39 is 0 Å². The van der Waals surface area contributed by atoms with Gasteiger partial charge in [0.2, 0.25) is 6.41 Å². The van der Waals surface area contributed by atoms with Gasteiger partial charge < -0.3 is 0 Å². The van der Waals surface area contributed by atoms with Crippen LogP contribution < -0.4 is 0 Å². The molecule has 0 bridgehead atoms. The monoisotopic (exact) mass is 424 g/mol. The van der Waals surface area contributed by atoms with Crippen LogP contribution in [0.25, 0.3) is 5.57 Å². The Morgan fingerprint density at radius 1 is 1.23 bits per heavy atom. The number of carbonyl (C=O) groups is 1. The van der Waals surface area contributed by atoms with E-state index in [1.54, 1.807) is 13.0 Å².